The quantitative estimate of drug-likeness (QED) is 0.880. The van der Waals surface area contributed by atoms with Crippen LogP contribution in [0.3, 0.4) is 0 Å². The molecular formula is C14H18N2O. The molecule has 2 aromatic rings. The number of hydrogen-bond donors (Lipinski definition) is 1. The molecular weight excluding hydrogens is 212 g/mol. The van der Waals surface area contributed by atoms with Crippen molar-refractivity contribution in [2.24, 2.45) is 7.05 Å². The molecule has 0 atom stereocenters. The molecule has 2 rings (SSSR count). The van der Waals surface area contributed by atoms with Crippen LogP contribution < -0.4 is 0 Å². The van der Waals surface area contributed by atoms with E-state index in [2.05, 4.69) is 25.0 Å². The van der Waals surface area contributed by atoms with Gasteiger partial charge in [-0.15, -0.1) is 0 Å². The Morgan fingerprint density at radius 2 is 2.12 bits per heavy atom. The maximum Gasteiger partial charge on any atom is 0.0728 e. The lowest BCUT2D eigenvalue weighted by Crippen LogP contribution is -1.94. The van der Waals surface area contributed by atoms with Crippen LogP contribution in [0.2, 0.25) is 0 Å². The Bertz CT molecular complexity index is 515. The van der Waals surface area contributed by atoms with Crippen LogP contribution in [-0.4, -0.2) is 14.9 Å². The third kappa shape index (κ3) is 2.39. The zero-order chi connectivity index (χ0) is 12.4. The van der Waals surface area contributed by atoms with E-state index in [1.165, 1.54) is 0 Å². The van der Waals surface area contributed by atoms with Crippen LogP contribution in [0.15, 0.2) is 30.5 Å². The van der Waals surface area contributed by atoms with Crippen molar-refractivity contribution in [2.75, 3.05) is 0 Å². The Morgan fingerprint density at radius 1 is 1.35 bits per heavy atom. The monoisotopic (exact) mass is 230 g/mol. The normalized spacial score (nSPS) is 11.1. The van der Waals surface area contributed by atoms with Gasteiger partial charge in [0, 0.05) is 18.8 Å². The second-order valence-corrected chi connectivity index (χ2v) is 4.61. The molecule has 0 saturated carbocycles. The molecule has 1 aromatic heterocycles. The summed E-state index contributed by atoms with van der Waals surface area (Å²) in [4.78, 5) is 0. The Balaban J connectivity index is 2.51. The van der Waals surface area contributed by atoms with Gasteiger partial charge in [0.1, 0.15) is 0 Å². The lowest BCUT2D eigenvalue weighted by Gasteiger charge is -2.06. The van der Waals surface area contributed by atoms with Gasteiger partial charge >= 0.3 is 0 Å². The Labute approximate surface area is 102 Å². The fourth-order valence-corrected chi connectivity index (χ4v) is 1.99. The third-order valence-corrected chi connectivity index (χ3v) is 2.82. The summed E-state index contributed by atoms with van der Waals surface area (Å²) in [5.74, 6) is 0.393. The molecule has 0 aliphatic carbocycles. The summed E-state index contributed by atoms with van der Waals surface area (Å²) in [6.07, 6.45) is 2.03. The molecule has 1 aromatic carbocycles. The number of aromatic nitrogens is 2. The van der Waals surface area contributed by atoms with Crippen molar-refractivity contribution < 1.29 is 5.11 Å². The topological polar surface area (TPSA) is 38.0 Å². The van der Waals surface area contributed by atoms with Gasteiger partial charge in [0.15, 0.2) is 0 Å². The van der Waals surface area contributed by atoms with Crippen molar-refractivity contribution in [3.05, 3.63) is 41.7 Å². The van der Waals surface area contributed by atoms with Crippen LogP contribution in [0.4, 0.5) is 0 Å². The number of aryl methyl sites for hydroxylation is 1. The van der Waals surface area contributed by atoms with E-state index < -0.39 is 0 Å². The first-order valence-corrected chi connectivity index (χ1v) is 5.85. The van der Waals surface area contributed by atoms with E-state index in [1.54, 1.807) is 0 Å². The van der Waals surface area contributed by atoms with Gasteiger partial charge in [0.25, 0.3) is 0 Å². The molecule has 17 heavy (non-hydrogen) atoms. The van der Waals surface area contributed by atoms with E-state index in [0.717, 1.165) is 22.4 Å². The van der Waals surface area contributed by atoms with Gasteiger partial charge in [-0.1, -0.05) is 32.0 Å². The molecule has 0 aliphatic heterocycles. The number of hydrogen-bond acceptors (Lipinski definition) is 2. The summed E-state index contributed by atoms with van der Waals surface area (Å²) in [6.45, 7) is 4.36. The van der Waals surface area contributed by atoms with Crippen molar-refractivity contribution in [3.8, 4) is 11.1 Å². The van der Waals surface area contributed by atoms with Crippen LogP contribution in [0.1, 0.15) is 31.0 Å². The van der Waals surface area contributed by atoms with Crippen molar-refractivity contribution in [1.82, 2.24) is 9.78 Å². The van der Waals surface area contributed by atoms with E-state index in [-0.39, 0.29) is 6.61 Å². The molecule has 0 radical (unpaired) electrons. The first kappa shape index (κ1) is 11.9. The van der Waals surface area contributed by atoms with Crippen LogP contribution >= 0.6 is 0 Å². The average Bonchev–Trinajstić information content (AvgIpc) is 2.72. The number of rotatable bonds is 3. The van der Waals surface area contributed by atoms with Crippen molar-refractivity contribution >= 4 is 0 Å². The first-order valence-electron chi connectivity index (χ1n) is 5.85. The van der Waals surface area contributed by atoms with Crippen LogP contribution in [-0.2, 0) is 13.7 Å². The number of benzene rings is 1. The highest BCUT2D eigenvalue weighted by Gasteiger charge is 2.13. The molecule has 3 nitrogen and oxygen atoms in total. The van der Waals surface area contributed by atoms with Gasteiger partial charge in [-0.25, -0.2) is 0 Å². The van der Waals surface area contributed by atoms with Gasteiger partial charge in [-0.3, -0.25) is 4.68 Å². The zero-order valence-electron chi connectivity index (χ0n) is 10.5. The molecule has 0 aliphatic rings. The van der Waals surface area contributed by atoms with E-state index in [1.807, 2.05) is 36.1 Å². The fraction of sp³-hybridized carbons (Fsp3) is 0.357. The fourth-order valence-electron chi connectivity index (χ4n) is 1.99. The molecule has 3 heteroatoms. The van der Waals surface area contributed by atoms with E-state index in [0.29, 0.717) is 5.92 Å². The summed E-state index contributed by atoms with van der Waals surface area (Å²) >= 11 is 0. The standard InChI is InChI=1S/C14H18N2O/c1-10(2)14-13(8-16(3)15-14)12-6-4-5-11(7-12)9-17/h4-8,10,17H,9H2,1-3H3. The predicted molar refractivity (Wildman–Crippen MR) is 68.7 cm³/mol. The van der Waals surface area contributed by atoms with Gasteiger partial charge in [-0.05, 0) is 23.1 Å². The van der Waals surface area contributed by atoms with E-state index in [9.17, 15) is 5.11 Å². The number of aliphatic hydroxyl groups is 1. The Hall–Kier alpha value is -1.61. The zero-order valence-corrected chi connectivity index (χ0v) is 10.5. The highest BCUT2D eigenvalue weighted by molar-refractivity contribution is 5.66. The van der Waals surface area contributed by atoms with Gasteiger partial charge in [-0.2, -0.15) is 5.10 Å². The molecule has 0 bridgehead atoms. The number of nitrogens with zero attached hydrogens (tertiary/aromatic N) is 2. The SMILES string of the molecule is CC(C)c1nn(C)cc1-c1cccc(CO)c1. The molecule has 0 unspecified atom stereocenters. The average molecular weight is 230 g/mol. The largest absolute Gasteiger partial charge is 0.392 e. The highest BCUT2D eigenvalue weighted by Crippen LogP contribution is 2.28. The molecule has 0 fully saturated rings. The second kappa shape index (κ2) is 4.72. The predicted octanol–water partition coefficient (Wildman–Crippen LogP) is 2.70. The minimum atomic E-state index is 0.0745. The molecule has 0 amide bonds. The smallest absolute Gasteiger partial charge is 0.0728 e. The molecule has 1 heterocycles. The van der Waals surface area contributed by atoms with Gasteiger partial charge < -0.3 is 5.11 Å². The highest BCUT2D eigenvalue weighted by atomic mass is 16.3. The maximum atomic E-state index is 9.17. The lowest BCUT2D eigenvalue weighted by molar-refractivity contribution is 0.282. The summed E-state index contributed by atoms with van der Waals surface area (Å²) in [6, 6.07) is 7.97. The Kier molecular flexibility index (Phi) is 3.29. The van der Waals surface area contributed by atoms with Gasteiger partial charge in [0.05, 0.1) is 12.3 Å². The van der Waals surface area contributed by atoms with Crippen LogP contribution in [0.5, 0.6) is 0 Å². The molecule has 90 valence electrons. The summed E-state index contributed by atoms with van der Waals surface area (Å²) in [7, 11) is 1.94. The lowest BCUT2D eigenvalue weighted by atomic mass is 9.99. The van der Waals surface area contributed by atoms with Crippen molar-refractivity contribution in [1.29, 1.82) is 0 Å². The van der Waals surface area contributed by atoms with Gasteiger partial charge in [0.2, 0.25) is 0 Å². The third-order valence-electron chi connectivity index (χ3n) is 2.82. The molecule has 0 spiro atoms. The minimum Gasteiger partial charge on any atom is -0.392 e. The maximum absolute atomic E-state index is 9.17. The first-order chi connectivity index (χ1) is 8.11. The summed E-state index contributed by atoms with van der Waals surface area (Å²) < 4.78 is 1.84. The Morgan fingerprint density at radius 3 is 2.76 bits per heavy atom. The van der Waals surface area contributed by atoms with Crippen molar-refractivity contribution in [2.45, 2.75) is 26.4 Å². The summed E-state index contributed by atoms with van der Waals surface area (Å²) in [5.41, 5.74) is 4.30. The minimum absolute atomic E-state index is 0.0745. The van der Waals surface area contributed by atoms with Crippen molar-refractivity contribution in [3.63, 3.8) is 0 Å². The second-order valence-electron chi connectivity index (χ2n) is 4.61. The number of aliphatic hydroxyl groups excluding tert-OH is 1. The summed E-state index contributed by atoms with van der Waals surface area (Å²) in [5, 5.41) is 13.7. The van der Waals surface area contributed by atoms with E-state index in [4.69, 9.17) is 0 Å². The van der Waals surface area contributed by atoms with Crippen LogP contribution in [0, 0.1) is 0 Å². The molecule has 0 saturated heterocycles. The van der Waals surface area contributed by atoms with E-state index >= 15 is 0 Å². The molecule has 1 N–H and O–H groups in total. The van der Waals surface area contributed by atoms with Crippen LogP contribution in [0.25, 0.3) is 11.1 Å².